The zero-order valence-electron chi connectivity index (χ0n) is 14.9. The lowest BCUT2D eigenvalue weighted by molar-refractivity contribution is 0.0525. The number of carbonyl (C=O) groups excluding carboxylic acids is 1. The smallest absolute Gasteiger partial charge is 0.407 e. The lowest BCUT2D eigenvalue weighted by Crippen LogP contribution is -2.33. The molecule has 1 amide bonds. The summed E-state index contributed by atoms with van der Waals surface area (Å²) < 4.78 is 5.25. The number of ether oxygens (including phenoxy) is 1. The van der Waals surface area contributed by atoms with Crippen LogP contribution in [0.15, 0.2) is 24.3 Å². The minimum atomic E-state index is -0.429. The second-order valence-corrected chi connectivity index (χ2v) is 7.60. The Labute approximate surface area is 140 Å². The van der Waals surface area contributed by atoms with E-state index in [1.54, 1.807) is 0 Å². The van der Waals surface area contributed by atoms with E-state index in [0.29, 0.717) is 12.5 Å². The molecule has 1 heterocycles. The lowest BCUT2D eigenvalue weighted by Gasteiger charge is -2.20. The number of aryl methyl sites for hydroxylation is 1. The van der Waals surface area contributed by atoms with Crippen molar-refractivity contribution in [2.24, 2.45) is 5.92 Å². The number of amides is 1. The van der Waals surface area contributed by atoms with E-state index in [1.165, 1.54) is 17.5 Å². The van der Waals surface area contributed by atoms with Crippen LogP contribution in [0.1, 0.15) is 44.7 Å². The summed E-state index contributed by atoms with van der Waals surface area (Å²) in [7, 11) is 0. The van der Waals surface area contributed by atoms with Gasteiger partial charge in [0.25, 0.3) is 0 Å². The summed E-state index contributed by atoms with van der Waals surface area (Å²) in [6.45, 7) is 11.8. The number of hydrogen-bond donors (Lipinski definition) is 1. The molecule has 2 rings (SSSR count). The highest BCUT2D eigenvalue weighted by molar-refractivity contribution is 5.67. The van der Waals surface area contributed by atoms with E-state index in [9.17, 15) is 4.79 Å². The van der Waals surface area contributed by atoms with Gasteiger partial charge in [-0.2, -0.15) is 0 Å². The van der Waals surface area contributed by atoms with E-state index in [1.807, 2.05) is 20.8 Å². The van der Waals surface area contributed by atoms with Crippen LogP contribution in [0, 0.1) is 12.8 Å². The van der Waals surface area contributed by atoms with Gasteiger partial charge in [0.15, 0.2) is 0 Å². The van der Waals surface area contributed by atoms with Crippen LogP contribution in [0.25, 0.3) is 0 Å². The molecule has 1 aromatic rings. The Balaban J connectivity index is 1.66. The Bertz CT molecular complexity index is 522. The Morgan fingerprint density at radius 2 is 2.17 bits per heavy atom. The molecule has 0 bridgehead atoms. The number of alkyl carbamates (subject to hydrolysis) is 1. The Hall–Kier alpha value is -1.55. The Morgan fingerprint density at radius 1 is 1.39 bits per heavy atom. The molecule has 1 atom stereocenters. The van der Waals surface area contributed by atoms with Crippen LogP contribution in [0.4, 0.5) is 4.79 Å². The average Bonchev–Trinajstić information content (AvgIpc) is 2.84. The quantitative estimate of drug-likeness (QED) is 0.899. The highest BCUT2D eigenvalue weighted by Crippen LogP contribution is 2.21. The molecule has 128 valence electrons. The summed E-state index contributed by atoms with van der Waals surface area (Å²) in [5, 5.41) is 2.86. The minimum Gasteiger partial charge on any atom is -0.444 e. The van der Waals surface area contributed by atoms with Gasteiger partial charge in [0.2, 0.25) is 0 Å². The van der Waals surface area contributed by atoms with Gasteiger partial charge in [-0.05, 0) is 58.6 Å². The number of rotatable bonds is 5. The Morgan fingerprint density at radius 3 is 2.87 bits per heavy atom. The maximum absolute atomic E-state index is 11.6. The second-order valence-electron chi connectivity index (χ2n) is 7.60. The largest absolute Gasteiger partial charge is 0.444 e. The van der Waals surface area contributed by atoms with E-state index >= 15 is 0 Å². The van der Waals surface area contributed by atoms with Crippen LogP contribution < -0.4 is 5.32 Å². The summed E-state index contributed by atoms with van der Waals surface area (Å²) in [4.78, 5) is 14.1. The van der Waals surface area contributed by atoms with Gasteiger partial charge < -0.3 is 10.1 Å². The van der Waals surface area contributed by atoms with Crippen molar-refractivity contribution >= 4 is 6.09 Å². The standard InChI is InChI=1S/C19H30N2O2/c1-15-6-5-7-17(12-15)14-21-11-9-16(13-21)8-10-20-18(22)23-19(2,3)4/h5-7,12,16H,8-11,13-14H2,1-4H3,(H,20,22). The molecule has 1 unspecified atom stereocenters. The molecule has 1 aliphatic rings. The first-order valence-electron chi connectivity index (χ1n) is 8.56. The summed E-state index contributed by atoms with van der Waals surface area (Å²) in [6, 6.07) is 8.73. The number of nitrogens with one attached hydrogen (secondary N) is 1. The molecule has 0 aliphatic carbocycles. The fourth-order valence-electron chi connectivity index (χ4n) is 3.05. The maximum Gasteiger partial charge on any atom is 0.407 e. The van der Waals surface area contributed by atoms with Gasteiger partial charge in [-0.15, -0.1) is 0 Å². The third-order valence-electron chi connectivity index (χ3n) is 4.08. The van der Waals surface area contributed by atoms with Gasteiger partial charge in [0.1, 0.15) is 5.60 Å². The zero-order valence-corrected chi connectivity index (χ0v) is 14.9. The predicted molar refractivity (Wildman–Crippen MR) is 93.4 cm³/mol. The van der Waals surface area contributed by atoms with Gasteiger partial charge >= 0.3 is 6.09 Å². The van der Waals surface area contributed by atoms with Crippen LogP contribution >= 0.6 is 0 Å². The number of carbonyl (C=O) groups is 1. The van der Waals surface area contributed by atoms with Crippen molar-refractivity contribution in [3.05, 3.63) is 35.4 Å². The molecule has 4 heteroatoms. The first kappa shape index (κ1) is 17.8. The number of benzene rings is 1. The molecule has 1 aliphatic heterocycles. The third kappa shape index (κ3) is 6.61. The van der Waals surface area contributed by atoms with E-state index in [-0.39, 0.29) is 6.09 Å². The van der Waals surface area contributed by atoms with Crippen LogP contribution in [0.2, 0.25) is 0 Å². The minimum absolute atomic E-state index is 0.313. The lowest BCUT2D eigenvalue weighted by atomic mass is 10.1. The van der Waals surface area contributed by atoms with Crippen LogP contribution in [-0.4, -0.2) is 36.2 Å². The summed E-state index contributed by atoms with van der Waals surface area (Å²) in [6.07, 6.45) is 1.91. The number of hydrogen-bond acceptors (Lipinski definition) is 3. The van der Waals surface area contributed by atoms with Crippen molar-refractivity contribution in [3.63, 3.8) is 0 Å². The molecule has 0 radical (unpaired) electrons. The van der Waals surface area contributed by atoms with Crippen molar-refractivity contribution in [2.75, 3.05) is 19.6 Å². The van der Waals surface area contributed by atoms with E-state index < -0.39 is 5.60 Å². The third-order valence-corrected chi connectivity index (χ3v) is 4.08. The molecule has 0 aromatic heterocycles. The molecule has 23 heavy (non-hydrogen) atoms. The van der Waals surface area contributed by atoms with E-state index in [2.05, 4.69) is 41.4 Å². The maximum atomic E-state index is 11.6. The molecule has 1 N–H and O–H groups in total. The van der Waals surface area contributed by atoms with Gasteiger partial charge in [-0.1, -0.05) is 29.8 Å². The molecule has 4 nitrogen and oxygen atoms in total. The van der Waals surface area contributed by atoms with E-state index in [0.717, 1.165) is 26.1 Å². The SMILES string of the molecule is Cc1cccc(CN2CCC(CCNC(=O)OC(C)(C)C)C2)c1. The van der Waals surface area contributed by atoms with Crippen molar-refractivity contribution < 1.29 is 9.53 Å². The van der Waals surface area contributed by atoms with Gasteiger partial charge in [0.05, 0.1) is 0 Å². The van der Waals surface area contributed by atoms with Gasteiger partial charge in [0, 0.05) is 19.6 Å². The Kier molecular flexibility index (Phi) is 6.05. The zero-order chi connectivity index (χ0) is 16.9. The number of nitrogens with zero attached hydrogens (tertiary/aromatic N) is 1. The van der Waals surface area contributed by atoms with Crippen molar-refractivity contribution in [2.45, 2.75) is 52.7 Å². The molecule has 1 fully saturated rings. The highest BCUT2D eigenvalue weighted by atomic mass is 16.6. The van der Waals surface area contributed by atoms with E-state index in [4.69, 9.17) is 4.74 Å². The van der Waals surface area contributed by atoms with Gasteiger partial charge in [-0.3, -0.25) is 4.90 Å². The van der Waals surface area contributed by atoms with Crippen molar-refractivity contribution in [1.82, 2.24) is 10.2 Å². The first-order valence-corrected chi connectivity index (χ1v) is 8.56. The molecule has 1 aromatic carbocycles. The summed E-state index contributed by atoms with van der Waals surface area (Å²) >= 11 is 0. The number of likely N-dealkylation sites (tertiary alicyclic amines) is 1. The predicted octanol–water partition coefficient (Wildman–Crippen LogP) is 3.73. The van der Waals surface area contributed by atoms with Crippen LogP contribution in [0.3, 0.4) is 0 Å². The van der Waals surface area contributed by atoms with Gasteiger partial charge in [-0.25, -0.2) is 4.79 Å². The van der Waals surface area contributed by atoms with Crippen molar-refractivity contribution in [1.29, 1.82) is 0 Å². The summed E-state index contributed by atoms with van der Waals surface area (Å²) in [5.74, 6) is 0.662. The van der Waals surface area contributed by atoms with Crippen molar-refractivity contribution in [3.8, 4) is 0 Å². The second kappa shape index (κ2) is 7.82. The molecular formula is C19H30N2O2. The average molecular weight is 318 g/mol. The highest BCUT2D eigenvalue weighted by Gasteiger charge is 2.22. The van der Waals surface area contributed by atoms with Crippen LogP contribution in [0.5, 0.6) is 0 Å². The molecule has 1 saturated heterocycles. The fourth-order valence-corrected chi connectivity index (χ4v) is 3.05. The monoisotopic (exact) mass is 318 g/mol. The van der Waals surface area contributed by atoms with Crippen LogP contribution in [-0.2, 0) is 11.3 Å². The fraction of sp³-hybridized carbons (Fsp3) is 0.632. The topological polar surface area (TPSA) is 41.6 Å². The molecular weight excluding hydrogens is 288 g/mol. The normalized spacial score (nSPS) is 18.9. The first-order chi connectivity index (χ1) is 10.8. The molecule has 0 saturated carbocycles. The molecule has 0 spiro atoms. The summed E-state index contributed by atoms with van der Waals surface area (Å²) in [5.41, 5.74) is 2.28.